The lowest BCUT2D eigenvalue weighted by Gasteiger charge is -2.12. The van der Waals surface area contributed by atoms with Gasteiger partial charge in [-0.15, -0.1) is 6.58 Å². The van der Waals surface area contributed by atoms with Gasteiger partial charge in [0.05, 0.1) is 18.7 Å². The summed E-state index contributed by atoms with van der Waals surface area (Å²) in [7, 11) is 1.63. The average Bonchev–Trinajstić information content (AvgIpc) is 2.54. The van der Waals surface area contributed by atoms with E-state index in [9.17, 15) is 0 Å². The number of benzene rings is 2. The van der Waals surface area contributed by atoms with E-state index in [1.165, 1.54) is 0 Å². The summed E-state index contributed by atoms with van der Waals surface area (Å²) in [4.78, 5) is 0. The van der Waals surface area contributed by atoms with Gasteiger partial charge in [-0.3, -0.25) is 0 Å². The summed E-state index contributed by atoms with van der Waals surface area (Å²) in [6, 6.07) is 15.3. The summed E-state index contributed by atoms with van der Waals surface area (Å²) < 4.78 is 11.1. The Morgan fingerprint density at radius 3 is 2.43 bits per heavy atom. The molecule has 0 unspecified atom stereocenters. The molecule has 0 bridgehead atoms. The highest BCUT2D eigenvalue weighted by atomic mass is 16.5. The number of ether oxygens (including phenoxy) is 2. The summed E-state index contributed by atoms with van der Waals surface area (Å²) in [5, 5.41) is 8.77. The zero-order valence-corrected chi connectivity index (χ0v) is 12.0. The standard InChI is InChI=1S/C18H17NO2/c1-3-4-14-9-10-17(18(11-14)20-2)21-13-16-7-5-15(12-19)6-8-16/h3,5-11H,1,4,13H2,2H3. The largest absolute Gasteiger partial charge is 0.493 e. The van der Waals surface area contributed by atoms with E-state index < -0.39 is 0 Å². The van der Waals surface area contributed by atoms with Gasteiger partial charge in [0.25, 0.3) is 0 Å². The van der Waals surface area contributed by atoms with Crippen LogP contribution in [-0.2, 0) is 13.0 Å². The second-order valence-electron chi connectivity index (χ2n) is 4.58. The van der Waals surface area contributed by atoms with Gasteiger partial charge >= 0.3 is 0 Å². The molecule has 0 saturated heterocycles. The van der Waals surface area contributed by atoms with Gasteiger partial charge in [-0.05, 0) is 41.8 Å². The van der Waals surface area contributed by atoms with Crippen LogP contribution in [0.5, 0.6) is 11.5 Å². The zero-order valence-electron chi connectivity index (χ0n) is 12.0. The van der Waals surface area contributed by atoms with Crippen molar-refractivity contribution < 1.29 is 9.47 Å². The highest BCUT2D eigenvalue weighted by Gasteiger charge is 2.06. The molecule has 0 spiro atoms. The maximum atomic E-state index is 8.77. The number of nitrogens with zero attached hydrogens (tertiary/aromatic N) is 1. The van der Waals surface area contributed by atoms with E-state index >= 15 is 0 Å². The Bertz CT molecular complexity index is 654. The Morgan fingerprint density at radius 1 is 1.10 bits per heavy atom. The molecule has 3 heteroatoms. The van der Waals surface area contributed by atoms with Crippen molar-refractivity contribution in [2.75, 3.05) is 7.11 Å². The summed E-state index contributed by atoms with van der Waals surface area (Å²) in [6.07, 6.45) is 2.65. The Morgan fingerprint density at radius 2 is 1.81 bits per heavy atom. The Kier molecular flexibility index (Phi) is 5.00. The number of hydrogen-bond donors (Lipinski definition) is 0. The molecule has 0 aliphatic carbocycles. The molecule has 0 radical (unpaired) electrons. The van der Waals surface area contributed by atoms with Crippen molar-refractivity contribution >= 4 is 0 Å². The molecule has 2 rings (SSSR count). The van der Waals surface area contributed by atoms with E-state index in [1.54, 1.807) is 19.2 Å². The lowest BCUT2D eigenvalue weighted by atomic mass is 10.1. The van der Waals surface area contributed by atoms with Crippen LogP contribution in [0.2, 0.25) is 0 Å². The van der Waals surface area contributed by atoms with E-state index in [0.29, 0.717) is 23.7 Å². The number of allylic oxidation sites excluding steroid dienone is 1. The van der Waals surface area contributed by atoms with Gasteiger partial charge in [0.15, 0.2) is 11.5 Å². The third kappa shape index (κ3) is 3.87. The summed E-state index contributed by atoms with van der Waals surface area (Å²) in [5.41, 5.74) is 2.78. The molecular formula is C18H17NO2. The molecule has 2 aromatic carbocycles. The molecule has 0 saturated carbocycles. The lowest BCUT2D eigenvalue weighted by Crippen LogP contribution is -1.98. The SMILES string of the molecule is C=CCc1ccc(OCc2ccc(C#N)cc2)c(OC)c1. The number of methoxy groups -OCH3 is 1. The van der Waals surface area contributed by atoms with Crippen LogP contribution in [0.3, 0.4) is 0 Å². The highest BCUT2D eigenvalue weighted by molar-refractivity contribution is 5.43. The van der Waals surface area contributed by atoms with Gasteiger partial charge in [0.2, 0.25) is 0 Å². The van der Waals surface area contributed by atoms with Crippen molar-refractivity contribution in [2.24, 2.45) is 0 Å². The summed E-state index contributed by atoms with van der Waals surface area (Å²) >= 11 is 0. The van der Waals surface area contributed by atoms with Crippen LogP contribution in [0, 0.1) is 11.3 Å². The van der Waals surface area contributed by atoms with Crippen molar-refractivity contribution in [3.8, 4) is 17.6 Å². The molecule has 3 nitrogen and oxygen atoms in total. The first-order valence-electron chi connectivity index (χ1n) is 6.66. The maximum absolute atomic E-state index is 8.77. The normalized spacial score (nSPS) is 9.71. The lowest BCUT2D eigenvalue weighted by molar-refractivity contribution is 0.284. The molecule has 0 N–H and O–H groups in total. The minimum Gasteiger partial charge on any atom is -0.493 e. The minimum absolute atomic E-state index is 0.433. The fourth-order valence-corrected chi connectivity index (χ4v) is 1.96. The van der Waals surface area contributed by atoms with E-state index in [1.807, 2.05) is 36.4 Å². The molecule has 0 amide bonds. The molecule has 0 aromatic heterocycles. The van der Waals surface area contributed by atoms with Crippen LogP contribution < -0.4 is 9.47 Å². The van der Waals surface area contributed by atoms with Gasteiger partial charge in [-0.25, -0.2) is 0 Å². The Balaban J connectivity index is 2.08. The zero-order chi connectivity index (χ0) is 15.1. The van der Waals surface area contributed by atoms with Gasteiger partial charge < -0.3 is 9.47 Å². The fraction of sp³-hybridized carbons (Fsp3) is 0.167. The van der Waals surface area contributed by atoms with E-state index in [0.717, 1.165) is 17.5 Å². The second kappa shape index (κ2) is 7.16. The highest BCUT2D eigenvalue weighted by Crippen LogP contribution is 2.29. The monoisotopic (exact) mass is 279 g/mol. The van der Waals surface area contributed by atoms with Crippen LogP contribution in [0.25, 0.3) is 0 Å². The van der Waals surface area contributed by atoms with Crippen molar-refractivity contribution in [1.29, 1.82) is 5.26 Å². The number of nitriles is 1. The predicted molar refractivity (Wildman–Crippen MR) is 82.4 cm³/mol. The molecule has 106 valence electrons. The summed E-state index contributed by atoms with van der Waals surface area (Å²) in [6.45, 7) is 4.16. The first kappa shape index (κ1) is 14.7. The molecule has 2 aromatic rings. The molecule has 0 atom stereocenters. The van der Waals surface area contributed by atoms with Crippen LogP contribution in [0.4, 0.5) is 0 Å². The Hall–Kier alpha value is -2.73. The molecule has 0 aliphatic heterocycles. The quantitative estimate of drug-likeness (QED) is 0.754. The molecule has 0 aliphatic rings. The summed E-state index contributed by atoms with van der Waals surface area (Å²) in [5.74, 6) is 1.41. The molecule has 0 heterocycles. The van der Waals surface area contributed by atoms with Gasteiger partial charge in [-0.1, -0.05) is 24.3 Å². The van der Waals surface area contributed by atoms with Crippen LogP contribution in [-0.4, -0.2) is 7.11 Å². The van der Waals surface area contributed by atoms with Crippen LogP contribution in [0.15, 0.2) is 55.1 Å². The first-order valence-corrected chi connectivity index (χ1v) is 6.66. The first-order chi connectivity index (χ1) is 10.3. The van der Waals surface area contributed by atoms with Gasteiger partial charge in [-0.2, -0.15) is 5.26 Å². The predicted octanol–water partition coefficient (Wildman–Crippen LogP) is 3.87. The van der Waals surface area contributed by atoms with Crippen molar-refractivity contribution in [2.45, 2.75) is 13.0 Å². The van der Waals surface area contributed by atoms with E-state index in [4.69, 9.17) is 14.7 Å². The second-order valence-corrected chi connectivity index (χ2v) is 4.58. The smallest absolute Gasteiger partial charge is 0.161 e. The topological polar surface area (TPSA) is 42.2 Å². The molecular weight excluding hydrogens is 262 g/mol. The van der Waals surface area contributed by atoms with Gasteiger partial charge in [0, 0.05) is 0 Å². The Labute approximate surface area is 125 Å². The van der Waals surface area contributed by atoms with Gasteiger partial charge in [0.1, 0.15) is 6.61 Å². The molecule has 21 heavy (non-hydrogen) atoms. The third-order valence-electron chi connectivity index (χ3n) is 3.09. The van der Waals surface area contributed by atoms with Crippen LogP contribution >= 0.6 is 0 Å². The maximum Gasteiger partial charge on any atom is 0.161 e. The average molecular weight is 279 g/mol. The molecule has 0 fully saturated rings. The van der Waals surface area contributed by atoms with Crippen molar-refractivity contribution in [3.05, 3.63) is 71.8 Å². The van der Waals surface area contributed by atoms with E-state index in [-0.39, 0.29) is 0 Å². The fourth-order valence-electron chi connectivity index (χ4n) is 1.96. The van der Waals surface area contributed by atoms with Crippen molar-refractivity contribution in [3.63, 3.8) is 0 Å². The number of rotatable bonds is 6. The van der Waals surface area contributed by atoms with Crippen molar-refractivity contribution in [1.82, 2.24) is 0 Å². The van der Waals surface area contributed by atoms with E-state index in [2.05, 4.69) is 12.6 Å². The van der Waals surface area contributed by atoms with Crippen LogP contribution in [0.1, 0.15) is 16.7 Å². The third-order valence-corrected chi connectivity index (χ3v) is 3.09. The minimum atomic E-state index is 0.433. The number of hydrogen-bond acceptors (Lipinski definition) is 3.